The Balaban J connectivity index is 1.95. The van der Waals surface area contributed by atoms with E-state index in [4.69, 9.17) is 0 Å². The van der Waals surface area contributed by atoms with Gasteiger partial charge in [0.1, 0.15) is 11.6 Å². The van der Waals surface area contributed by atoms with Crippen LogP contribution < -0.4 is 5.32 Å². The van der Waals surface area contributed by atoms with Crippen LogP contribution in [0.5, 0.6) is 0 Å². The summed E-state index contributed by atoms with van der Waals surface area (Å²) in [4.78, 5) is 12.0. The standard InChI is InChI=1S/C17H23F2NO/c1-20-17(21)14(8-12-4-2-3-5-12)7-6-13-9-15(18)11-16(19)10-13/h9-12,14H,2-8H2,1H3,(H,20,21). The van der Waals surface area contributed by atoms with Crippen LogP contribution in [0.2, 0.25) is 0 Å². The molecule has 1 amide bonds. The van der Waals surface area contributed by atoms with Gasteiger partial charge in [0.15, 0.2) is 0 Å². The zero-order valence-corrected chi connectivity index (χ0v) is 12.5. The van der Waals surface area contributed by atoms with Crippen molar-refractivity contribution in [3.8, 4) is 0 Å². The van der Waals surface area contributed by atoms with Crippen LogP contribution in [0.4, 0.5) is 8.78 Å². The van der Waals surface area contributed by atoms with E-state index in [0.29, 0.717) is 24.3 Å². The van der Waals surface area contributed by atoms with Gasteiger partial charge < -0.3 is 5.32 Å². The van der Waals surface area contributed by atoms with E-state index in [-0.39, 0.29) is 11.8 Å². The molecule has 4 heteroatoms. The van der Waals surface area contributed by atoms with Gasteiger partial charge in [-0.2, -0.15) is 0 Å². The van der Waals surface area contributed by atoms with Gasteiger partial charge in [0.25, 0.3) is 0 Å². The fraction of sp³-hybridized carbons (Fsp3) is 0.588. The number of amides is 1. The van der Waals surface area contributed by atoms with Gasteiger partial charge in [-0.15, -0.1) is 0 Å². The fourth-order valence-corrected chi connectivity index (χ4v) is 3.30. The number of hydrogen-bond acceptors (Lipinski definition) is 1. The molecule has 1 fully saturated rings. The Morgan fingerprint density at radius 1 is 1.24 bits per heavy atom. The van der Waals surface area contributed by atoms with E-state index in [2.05, 4.69) is 5.32 Å². The molecule has 1 unspecified atom stereocenters. The first-order valence-corrected chi connectivity index (χ1v) is 7.75. The molecule has 0 spiro atoms. The fourth-order valence-electron chi connectivity index (χ4n) is 3.30. The highest BCUT2D eigenvalue weighted by Crippen LogP contribution is 2.32. The molecule has 0 bridgehead atoms. The highest BCUT2D eigenvalue weighted by molar-refractivity contribution is 5.78. The number of hydrogen-bond donors (Lipinski definition) is 1. The maximum absolute atomic E-state index is 13.2. The second kappa shape index (κ2) is 7.53. The van der Waals surface area contributed by atoms with Crippen molar-refractivity contribution in [1.82, 2.24) is 5.32 Å². The molecule has 1 aromatic rings. The molecule has 0 heterocycles. The van der Waals surface area contributed by atoms with E-state index >= 15 is 0 Å². The molecule has 0 aliphatic heterocycles. The van der Waals surface area contributed by atoms with E-state index in [1.54, 1.807) is 7.05 Å². The van der Waals surface area contributed by atoms with Gasteiger partial charge in [-0.3, -0.25) is 4.79 Å². The Kier molecular flexibility index (Phi) is 5.71. The van der Waals surface area contributed by atoms with Crippen LogP contribution in [-0.4, -0.2) is 13.0 Å². The van der Waals surface area contributed by atoms with Crippen molar-refractivity contribution in [3.05, 3.63) is 35.4 Å². The third-order valence-electron chi connectivity index (χ3n) is 4.41. The van der Waals surface area contributed by atoms with Gasteiger partial charge in [0.05, 0.1) is 0 Å². The number of aryl methyl sites for hydroxylation is 1. The number of halogens is 2. The summed E-state index contributed by atoms with van der Waals surface area (Å²) >= 11 is 0. The van der Waals surface area contributed by atoms with E-state index in [1.165, 1.54) is 37.8 Å². The normalized spacial score (nSPS) is 16.9. The minimum atomic E-state index is -0.558. The van der Waals surface area contributed by atoms with Crippen LogP contribution in [0.25, 0.3) is 0 Å². The molecule has 0 aromatic heterocycles. The van der Waals surface area contributed by atoms with Crippen LogP contribution >= 0.6 is 0 Å². The van der Waals surface area contributed by atoms with Crippen molar-refractivity contribution >= 4 is 5.91 Å². The third-order valence-corrected chi connectivity index (χ3v) is 4.41. The SMILES string of the molecule is CNC(=O)C(CCc1cc(F)cc(F)c1)CC1CCCC1. The van der Waals surface area contributed by atoms with Crippen molar-refractivity contribution < 1.29 is 13.6 Å². The Morgan fingerprint density at radius 3 is 2.43 bits per heavy atom. The summed E-state index contributed by atoms with van der Waals surface area (Å²) in [5.41, 5.74) is 0.618. The lowest BCUT2D eigenvalue weighted by atomic mass is 9.88. The molecule has 1 N–H and O–H groups in total. The highest BCUT2D eigenvalue weighted by Gasteiger charge is 2.24. The number of carbonyl (C=O) groups excluding carboxylic acids is 1. The molecule has 0 saturated heterocycles. The van der Waals surface area contributed by atoms with Gasteiger partial charge in [-0.25, -0.2) is 8.78 Å². The zero-order chi connectivity index (χ0) is 15.2. The highest BCUT2D eigenvalue weighted by atomic mass is 19.1. The van der Waals surface area contributed by atoms with Crippen LogP contribution in [0.15, 0.2) is 18.2 Å². The molecule has 1 atom stereocenters. The topological polar surface area (TPSA) is 29.1 Å². The largest absolute Gasteiger partial charge is 0.359 e. The summed E-state index contributed by atoms with van der Waals surface area (Å²) in [5, 5.41) is 2.71. The van der Waals surface area contributed by atoms with Crippen LogP contribution in [0.3, 0.4) is 0 Å². The van der Waals surface area contributed by atoms with E-state index in [0.717, 1.165) is 12.5 Å². The van der Waals surface area contributed by atoms with Crippen molar-refractivity contribution in [2.45, 2.75) is 44.9 Å². The van der Waals surface area contributed by atoms with Crippen LogP contribution in [0.1, 0.15) is 44.1 Å². The molecular formula is C17H23F2NO. The predicted octanol–water partition coefficient (Wildman–Crippen LogP) is 3.84. The summed E-state index contributed by atoms with van der Waals surface area (Å²) in [5.74, 6) is -0.519. The number of carbonyl (C=O) groups is 1. The summed E-state index contributed by atoms with van der Waals surface area (Å²) in [6.07, 6.45) is 6.95. The molecule has 2 nitrogen and oxygen atoms in total. The van der Waals surface area contributed by atoms with Crippen molar-refractivity contribution in [3.63, 3.8) is 0 Å². The Labute approximate surface area is 124 Å². The second-order valence-electron chi connectivity index (χ2n) is 6.01. The zero-order valence-electron chi connectivity index (χ0n) is 12.5. The van der Waals surface area contributed by atoms with Gasteiger partial charge in [0.2, 0.25) is 5.91 Å². The predicted molar refractivity (Wildman–Crippen MR) is 78.8 cm³/mol. The lowest BCUT2D eigenvalue weighted by molar-refractivity contribution is -0.125. The third kappa shape index (κ3) is 4.80. The molecule has 21 heavy (non-hydrogen) atoms. The van der Waals surface area contributed by atoms with E-state index in [1.807, 2.05) is 0 Å². The van der Waals surface area contributed by atoms with Gasteiger partial charge in [0, 0.05) is 19.0 Å². The van der Waals surface area contributed by atoms with Crippen LogP contribution in [0, 0.1) is 23.5 Å². The molecule has 1 saturated carbocycles. The lowest BCUT2D eigenvalue weighted by Gasteiger charge is -2.19. The molecule has 2 rings (SSSR count). The average Bonchev–Trinajstić information content (AvgIpc) is 2.94. The van der Waals surface area contributed by atoms with Gasteiger partial charge in [-0.05, 0) is 42.9 Å². The Bertz CT molecular complexity index is 463. The average molecular weight is 295 g/mol. The minimum absolute atomic E-state index is 0.0405. The van der Waals surface area contributed by atoms with Crippen molar-refractivity contribution in [2.24, 2.45) is 11.8 Å². The Hall–Kier alpha value is -1.45. The van der Waals surface area contributed by atoms with Crippen LogP contribution in [-0.2, 0) is 11.2 Å². The number of nitrogens with one attached hydrogen (secondary N) is 1. The summed E-state index contributed by atoms with van der Waals surface area (Å²) in [6, 6.07) is 3.57. The lowest BCUT2D eigenvalue weighted by Crippen LogP contribution is -2.29. The van der Waals surface area contributed by atoms with E-state index < -0.39 is 11.6 Å². The molecule has 1 aliphatic rings. The first-order chi connectivity index (χ1) is 10.1. The van der Waals surface area contributed by atoms with Gasteiger partial charge >= 0.3 is 0 Å². The molecule has 1 aromatic carbocycles. The first-order valence-electron chi connectivity index (χ1n) is 7.75. The molecule has 116 valence electrons. The van der Waals surface area contributed by atoms with Crippen molar-refractivity contribution in [1.29, 1.82) is 0 Å². The van der Waals surface area contributed by atoms with Crippen molar-refractivity contribution in [2.75, 3.05) is 7.05 Å². The monoisotopic (exact) mass is 295 g/mol. The quantitative estimate of drug-likeness (QED) is 0.849. The molecular weight excluding hydrogens is 272 g/mol. The molecule has 1 aliphatic carbocycles. The minimum Gasteiger partial charge on any atom is -0.359 e. The summed E-state index contributed by atoms with van der Waals surface area (Å²) in [6.45, 7) is 0. The number of rotatable bonds is 6. The van der Waals surface area contributed by atoms with E-state index in [9.17, 15) is 13.6 Å². The summed E-state index contributed by atoms with van der Waals surface area (Å²) < 4.78 is 26.4. The second-order valence-corrected chi connectivity index (χ2v) is 6.01. The maximum atomic E-state index is 13.2. The smallest absolute Gasteiger partial charge is 0.222 e. The van der Waals surface area contributed by atoms with Gasteiger partial charge in [-0.1, -0.05) is 25.7 Å². The maximum Gasteiger partial charge on any atom is 0.222 e. The first kappa shape index (κ1) is 15.9. The number of benzene rings is 1. The summed E-state index contributed by atoms with van der Waals surface area (Å²) in [7, 11) is 1.64. The Morgan fingerprint density at radius 2 is 1.86 bits per heavy atom. The molecule has 0 radical (unpaired) electrons.